The Balaban J connectivity index is 2.48. The topological polar surface area (TPSA) is 72.8 Å². The van der Waals surface area contributed by atoms with Crippen LogP contribution in [-0.4, -0.2) is 23.7 Å². The molecule has 0 unspecified atom stereocenters. The van der Waals surface area contributed by atoms with E-state index in [0.29, 0.717) is 0 Å². The molecule has 5 nitrogen and oxygen atoms in total. The van der Waals surface area contributed by atoms with Crippen molar-refractivity contribution in [2.24, 2.45) is 0 Å². The molecular weight excluding hydrogens is 200 g/mol. The second-order valence-corrected chi connectivity index (χ2v) is 2.84. The summed E-state index contributed by atoms with van der Waals surface area (Å²) in [5.41, 5.74) is 0. The van der Waals surface area contributed by atoms with E-state index in [-0.39, 0.29) is 23.9 Å². The van der Waals surface area contributed by atoms with Crippen molar-refractivity contribution in [1.29, 1.82) is 0 Å². The molecule has 1 aromatic carbocycles. The Hall–Kier alpha value is -2.04. The summed E-state index contributed by atoms with van der Waals surface area (Å²) in [6.45, 7) is 0.972. The number of ether oxygens (including phenoxy) is 2. The predicted molar refractivity (Wildman–Crippen MR) is 50.8 cm³/mol. The summed E-state index contributed by atoms with van der Waals surface area (Å²) in [4.78, 5) is 21.4. The Bertz CT molecular complexity index is 372. The van der Waals surface area contributed by atoms with Crippen LogP contribution in [0.25, 0.3) is 0 Å². The zero-order chi connectivity index (χ0) is 11.3. The van der Waals surface area contributed by atoms with Crippen molar-refractivity contribution in [2.45, 2.75) is 6.92 Å². The van der Waals surface area contributed by atoms with E-state index in [2.05, 4.69) is 9.47 Å². The van der Waals surface area contributed by atoms with Crippen molar-refractivity contribution in [3.05, 3.63) is 24.3 Å². The summed E-state index contributed by atoms with van der Waals surface area (Å²) in [6, 6.07) is 5.69. The van der Waals surface area contributed by atoms with Crippen LogP contribution in [0.2, 0.25) is 0 Å². The van der Waals surface area contributed by atoms with E-state index < -0.39 is 6.16 Å². The quantitative estimate of drug-likeness (QED) is 0.604. The van der Waals surface area contributed by atoms with E-state index in [1.807, 2.05) is 0 Å². The minimum absolute atomic E-state index is 0.0214. The molecule has 0 amide bonds. The third-order valence-corrected chi connectivity index (χ3v) is 1.41. The number of phenols is 1. The molecule has 0 radical (unpaired) electrons. The van der Waals surface area contributed by atoms with Gasteiger partial charge in [-0.15, -0.1) is 0 Å². The third-order valence-electron chi connectivity index (χ3n) is 1.41. The Kier molecular flexibility index (Phi) is 3.68. The molecule has 0 saturated carbocycles. The van der Waals surface area contributed by atoms with Crippen LogP contribution in [0.15, 0.2) is 24.3 Å². The average Bonchev–Trinajstić information content (AvgIpc) is 2.15. The van der Waals surface area contributed by atoms with E-state index in [1.54, 1.807) is 0 Å². The average molecular weight is 210 g/mol. The molecule has 5 heteroatoms. The fraction of sp³-hybridized carbons (Fsp3) is 0.200. The number of carbonyl (C=O) groups excluding carboxylic acids is 2. The molecule has 0 aromatic heterocycles. The minimum Gasteiger partial charge on any atom is -0.508 e. The van der Waals surface area contributed by atoms with Gasteiger partial charge >= 0.3 is 6.16 Å². The molecular formula is C10H10O5. The molecule has 0 atom stereocenters. The Morgan fingerprint density at radius 1 is 1.40 bits per heavy atom. The molecule has 0 aliphatic rings. The van der Waals surface area contributed by atoms with Crippen molar-refractivity contribution in [2.75, 3.05) is 6.61 Å². The normalized spacial score (nSPS) is 9.40. The molecule has 1 rings (SSSR count). The van der Waals surface area contributed by atoms with Crippen LogP contribution in [0.3, 0.4) is 0 Å². The lowest BCUT2D eigenvalue weighted by Crippen LogP contribution is -2.14. The molecule has 0 saturated heterocycles. The molecule has 1 aromatic rings. The third kappa shape index (κ3) is 4.12. The summed E-state index contributed by atoms with van der Waals surface area (Å²) in [6.07, 6.45) is -0.976. The summed E-state index contributed by atoms with van der Waals surface area (Å²) in [5.74, 6) is -0.140. The van der Waals surface area contributed by atoms with Crippen LogP contribution in [0.4, 0.5) is 4.79 Å². The highest BCUT2D eigenvalue weighted by molar-refractivity contribution is 5.79. The first-order valence-electron chi connectivity index (χ1n) is 4.21. The van der Waals surface area contributed by atoms with Crippen molar-refractivity contribution >= 4 is 11.9 Å². The van der Waals surface area contributed by atoms with Gasteiger partial charge in [-0.2, -0.15) is 0 Å². The van der Waals surface area contributed by atoms with Gasteiger partial charge in [0.2, 0.25) is 0 Å². The Labute approximate surface area is 86.2 Å². The zero-order valence-corrected chi connectivity index (χ0v) is 8.10. The van der Waals surface area contributed by atoms with Gasteiger partial charge in [0.25, 0.3) is 0 Å². The number of hydrogen-bond donors (Lipinski definition) is 1. The molecule has 80 valence electrons. The first-order chi connectivity index (χ1) is 7.08. The lowest BCUT2D eigenvalue weighted by molar-refractivity contribution is -0.120. The first kappa shape index (κ1) is 11.0. The summed E-state index contributed by atoms with van der Waals surface area (Å²) >= 11 is 0. The van der Waals surface area contributed by atoms with E-state index in [4.69, 9.17) is 5.11 Å². The minimum atomic E-state index is -0.976. The van der Waals surface area contributed by atoms with Crippen molar-refractivity contribution in [1.82, 2.24) is 0 Å². The molecule has 0 heterocycles. The molecule has 0 spiro atoms. The van der Waals surface area contributed by atoms with E-state index in [1.165, 1.54) is 31.2 Å². The van der Waals surface area contributed by atoms with E-state index >= 15 is 0 Å². The molecule has 0 aliphatic carbocycles. The number of hydrogen-bond acceptors (Lipinski definition) is 5. The highest BCUT2D eigenvalue weighted by Crippen LogP contribution is 2.17. The van der Waals surface area contributed by atoms with Gasteiger partial charge in [-0.3, -0.25) is 4.79 Å². The van der Waals surface area contributed by atoms with Crippen molar-refractivity contribution < 1.29 is 24.2 Å². The van der Waals surface area contributed by atoms with Crippen LogP contribution in [-0.2, 0) is 9.53 Å². The number of carbonyl (C=O) groups is 2. The fourth-order valence-corrected chi connectivity index (χ4v) is 0.833. The molecule has 0 fully saturated rings. The SMILES string of the molecule is CC(=O)COC(=O)Oc1cccc(O)c1. The van der Waals surface area contributed by atoms with Crippen LogP contribution in [0.1, 0.15) is 6.92 Å². The summed E-state index contributed by atoms with van der Waals surface area (Å²) in [5, 5.41) is 9.06. The number of rotatable bonds is 3. The van der Waals surface area contributed by atoms with Gasteiger partial charge in [0.1, 0.15) is 11.5 Å². The van der Waals surface area contributed by atoms with Crippen LogP contribution < -0.4 is 4.74 Å². The second kappa shape index (κ2) is 4.99. The number of ketones is 1. The standard InChI is InChI=1S/C10H10O5/c1-7(11)6-14-10(13)15-9-4-2-3-8(12)5-9/h2-5,12H,6H2,1H3. The maximum atomic E-state index is 10.9. The van der Waals surface area contributed by atoms with E-state index in [9.17, 15) is 9.59 Å². The van der Waals surface area contributed by atoms with Gasteiger partial charge in [0, 0.05) is 6.07 Å². The van der Waals surface area contributed by atoms with Gasteiger partial charge in [-0.25, -0.2) is 4.79 Å². The predicted octanol–water partition coefficient (Wildman–Crippen LogP) is 1.50. The van der Waals surface area contributed by atoms with Gasteiger partial charge in [0.05, 0.1) is 0 Å². The molecule has 0 bridgehead atoms. The van der Waals surface area contributed by atoms with E-state index in [0.717, 1.165) is 0 Å². The monoisotopic (exact) mass is 210 g/mol. The van der Waals surface area contributed by atoms with Gasteiger partial charge in [-0.05, 0) is 19.1 Å². The zero-order valence-electron chi connectivity index (χ0n) is 8.10. The fourth-order valence-electron chi connectivity index (χ4n) is 0.833. The maximum absolute atomic E-state index is 10.9. The van der Waals surface area contributed by atoms with Crippen LogP contribution in [0.5, 0.6) is 11.5 Å². The first-order valence-corrected chi connectivity index (χ1v) is 4.21. The molecule has 0 aliphatic heterocycles. The smallest absolute Gasteiger partial charge is 0.508 e. The lowest BCUT2D eigenvalue weighted by Gasteiger charge is -2.04. The highest BCUT2D eigenvalue weighted by Gasteiger charge is 2.07. The number of aromatic hydroxyl groups is 1. The van der Waals surface area contributed by atoms with Crippen LogP contribution >= 0.6 is 0 Å². The largest absolute Gasteiger partial charge is 0.514 e. The van der Waals surface area contributed by atoms with Crippen LogP contribution in [0, 0.1) is 0 Å². The van der Waals surface area contributed by atoms with Gasteiger partial charge in [-0.1, -0.05) is 6.07 Å². The molecule has 15 heavy (non-hydrogen) atoms. The number of benzene rings is 1. The highest BCUT2D eigenvalue weighted by atomic mass is 16.7. The molecule has 1 N–H and O–H groups in total. The van der Waals surface area contributed by atoms with Crippen molar-refractivity contribution in [3.63, 3.8) is 0 Å². The Morgan fingerprint density at radius 3 is 2.73 bits per heavy atom. The lowest BCUT2D eigenvalue weighted by atomic mass is 10.3. The number of Topliss-reactive ketones (excluding diaryl/α,β-unsaturated/α-hetero) is 1. The second-order valence-electron chi connectivity index (χ2n) is 2.84. The number of phenolic OH excluding ortho intramolecular Hbond substituents is 1. The summed E-state index contributed by atoms with van der Waals surface area (Å²) < 4.78 is 9.13. The van der Waals surface area contributed by atoms with Gasteiger partial charge in [0.15, 0.2) is 12.4 Å². The summed E-state index contributed by atoms with van der Waals surface area (Å²) in [7, 11) is 0. The van der Waals surface area contributed by atoms with Gasteiger partial charge < -0.3 is 14.6 Å². The van der Waals surface area contributed by atoms with Crippen molar-refractivity contribution in [3.8, 4) is 11.5 Å². The maximum Gasteiger partial charge on any atom is 0.514 e. The Morgan fingerprint density at radius 2 is 2.13 bits per heavy atom.